The van der Waals surface area contributed by atoms with E-state index < -0.39 is 10.0 Å². The molecule has 0 radical (unpaired) electrons. The third-order valence-corrected chi connectivity index (χ3v) is 4.95. The first-order chi connectivity index (χ1) is 8.78. The molecule has 0 saturated heterocycles. The van der Waals surface area contributed by atoms with Crippen LogP contribution < -0.4 is 11.1 Å². The predicted octanol–water partition coefficient (Wildman–Crippen LogP) is 1.98. The van der Waals surface area contributed by atoms with Crippen LogP contribution in [0.3, 0.4) is 0 Å². The van der Waals surface area contributed by atoms with Crippen LogP contribution in [0.5, 0.6) is 0 Å². The summed E-state index contributed by atoms with van der Waals surface area (Å²) in [4.78, 5) is 0.248. The van der Waals surface area contributed by atoms with E-state index in [0.29, 0.717) is 17.3 Å². The highest BCUT2D eigenvalue weighted by Gasteiger charge is 2.18. The van der Waals surface area contributed by atoms with Gasteiger partial charge in [0, 0.05) is 20.6 Å². The quantitative estimate of drug-likeness (QED) is 0.784. The zero-order valence-corrected chi connectivity index (χ0v) is 12.8. The molecule has 0 bridgehead atoms. The van der Waals surface area contributed by atoms with Crippen LogP contribution in [0.4, 0.5) is 11.4 Å². The van der Waals surface area contributed by atoms with Gasteiger partial charge in [-0.2, -0.15) is 0 Å². The molecule has 108 valence electrons. The smallest absolute Gasteiger partial charge is 0.242 e. The van der Waals surface area contributed by atoms with Crippen molar-refractivity contribution in [1.29, 1.82) is 0 Å². The summed E-state index contributed by atoms with van der Waals surface area (Å²) in [5.74, 6) is 0.508. The predicted molar refractivity (Wildman–Crippen MR) is 79.7 cm³/mol. The minimum Gasteiger partial charge on any atom is -0.397 e. The van der Waals surface area contributed by atoms with E-state index in [1.54, 1.807) is 12.1 Å². The van der Waals surface area contributed by atoms with Crippen LogP contribution in [0.15, 0.2) is 23.1 Å². The average molecular weight is 285 g/mol. The van der Waals surface area contributed by atoms with Crippen LogP contribution in [0.2, 0.25) is 0 Å². The maximum absolute atomic E-state index is 12.0. The number of nitrogens with zero attached hydrogens (tertiary/aromatic N) is 1. The second-order valence-electron chi connectivity index (χ2n) is 4.93. The minimum absolute atomic E-state index is 0.248. The first-order valence-electron chi connectivity index (χ1n) is 6.35. The first-order valence-corrected chi connectivity index (χ1v) is 7.79. The van der Waals surface area contributed by atoms with Gasteiger partial charge in [0.2, 0.25) is 10.0 Å². The van der Waals surface area contributed by atoms with Gasteiger partial charge < -0.3 is 11.1 Å². The lowest BCUT2D eigenvalue weighted by atomic mass is 10.1. The molecule has 5 nitrogen and oxygen atoms in total. The molecule has 3 N–H and O–H groups in total. The van der Waals surface area contributed by atoms with Gasteiger partial charge in [-0.25, -0.2) is 12.7 Å². The van der Waals surface area contributed by atoms with Crippen LogP contribution in [0.25, 0.3) is 0 Å². The second-order valence-corrected chi connectivity index (χ2v) is 7.08. The number of rotatable bonds is 6. The van der Waals surface area contributed by atoms with E-state index in [1.165, 1.54) is 24.5 Å². The number of hydrogen-bond donors (Lipinski definition) is 2. The van der Waals surface area contributed by atoms with Crippen molar-refractivity contribution in [3.8, 4) is 0 Å². The molecule has 1 rings (SSSR count). The number of nitrogens with two attached hydrogens (primary N) is 1. The standard InChI is InChI=1S/C13H23N3O2S/c1-5-10(2)9-15-13-8-11(6-7-12(13)14)19(17,18)16(3)4/h6-8,10,15H,5,9,14H2,1-4H3. The van der Waals surface area contributed by atoms with Gasteiger partial charge in [-0.15, -0.1) is 0 Å². The van der Waals surface area contributed by atoms with Crippen molar-refractivity contribution < 1.29 is 8.42 Å². The summed E-state index contributed by atoms with van der Waals surface area (Å²) in [5.41, 5.74) is 7.09. The topological polar surface area (TPSA) is 75.4 Å². The Kier molecular flexibility index (Phi) is 5.20. The SMILES string of the molecule is CCC(C)CNc1cc(S(=O)(=O)N(C)C)ccc1N. The third kappa shape index (κ3) is 3.84. The number of anilines is 2. The highest BCUT2D eigenvalue weighted by Crippen LogP contribution is 2.24. The van der Waals surface area contributed by atoms with Crippen LogP contribution >= 0.6 is 0 Å². The van der Waals surface area contributed by atoms with E-state index in [-0.39, 0.29) is 4.90 Å². The van der Waals surface area contributed by atoms with E-state index in [1.807, 2.05) is 0 Å². The van der Waals surface area contributed by atoms with Crippen molar-refractivity contribution in [2.45, 2.75) is 25.2 Å². The van der Waals surface area contributed by atoms with Crippen molar-refractivity contribution in [3.05, 3.63) is 18.2 Å². The van der Waals surface area contributed by atoms with Crippen LogP contribution in [-0.4, -0.2) is 33.4 Å². The zero-order valence-electron chi connectivity index (χ0n) is 12.0. The Labute approximate surface area is 115 Å². The molecular weight excluding hydrogens is 262 g/mol. The summed E-state index contributed by atoms with van der Waals surface area (Å²) in [5, 5.41) is 3.21. The summed E-state index contributed by atoms with van der Waals surface area (Å²) in [6, 6.07) is 4.74. The molecule has 1 aromatic rings. The number of nitrogens with one attached hydrogen (secondary N) is 1. The third-order valence-electron chi connectivity index (χ3n) is 3.14. The maximum atomic E-state index is 12.0. The second kappa shape index (κ2) is 6.25. The van der Waals surface area contributed by atoms with Crippen LogP contribution in [0, 0.1) is 5.92 Å². The molecular formula is C13H23N3O2S. The van der Waals surface area contributed by atoms with E-state index >= 15 is 0 Å². The van der Waals surface area contributed by atoms with Crippen molar-refractivity contribution >= 4 is 21.4 Å². The summed E-state index contributed by atoms with van der Waals surface area (Å²) < 4.78 is 25.3. The number of hydrogen-bond acceptors (Lipinski definition) is 4. The molecule has 19 heavy (non-hydrogen) atoms. The molecule has 1 aromatic carbocycles. The normalized spacial score (nSPS) is 13.5. The van der Waals surface area contributed by atoms with Crippen molar-refractivity contribution in [2.24, 2.45) is 5.92 Å². The molecule has 0 amide bonds. The lowest BCUT2D eigenvalue weighted by Gasteiger charge is -2.16. The van der Waals surface area contributed by atoms with E-state index in [0.717, 1.165) is 13.0 Å². The summed E-state index contributed by atoms with van der Waals surface area (Å²) in [6.45, 7) is 5.01. The maximum Gasteiger partial charge on any atom is 0.242 e. The van der Waals surface area contributed by atoms with Gasteiger partial charge in [-0.1, -0.05) is 20.3 Å². The Bertz CT molecular complexity index is 527. The molecule has 0 aromatic heterocycles. The van der Waals surface area contributed by atoms with E-state index in [9.17, 15) is 8.42 Å². The Hall–Kier alpha value is -1.27. The average Bonchev–Trinajstić information content (AvgIpc) is 2.36. The zero-order chi connectivity index (χ0) is 14.6. The van der Waals surface area contributed by atoms with Crippen molar-refractivity contribution in [3.63, 3.8) is 0 Å². The fourth-order valence-electron chi connectivity index (χ4n) is 1.49. The molecule has 0 saturated carbocycles. The van der Waals surface area contributed by atoms with Gasteiger partial charge in [-0.05, 0) is 24.1 Å². The van der Waals surface area contributed by atoms with Crippen LogP contribution in [-0.2, 0) is 10.0 Å². The van der Waals surface area contributed by atoms with Gasteiger partial charge in [-0.3, -0.25) is 0 Å². The van der Waals surface area contributed by atoms with Crippen LogP contribution in [0.1, 0.15) is 20.3 Å². The Balaban J connectivity index is 3.01. The minimum atomic E-state index is -3.42. The molecule has 0 spiro atoms. The fraction of sp³-hybridized carbons (Fsp3) is 0.538. The monoisotopic (exact) mass is 285 g/mol. The van der Waals surface area contributed by atoms with Gasteiger partial charge >= 0.3 is 0 Å². The Morgan fingerprint density at radius 3 is 2.53 bits per heavy atom. The van der Waals surface area contributed by atoms with E-state index in [2.05, 4.69) is 19.2 Å². The lowest BCUT2D eigenvalue weighted by Crippen LogP contribution is -2.22. The molecule has 0 aliphatic heterocycles. The van der Waals surface area contributed by atoms with Gasteiger partial charge in [0.05, 0.1) is 16.3 Å². The number of benzene rings is 1. The fourth-order valence-corrected chi connectivity index (χ4v) is 2.42. The number of nitrogen functional groups attached to an aromatic ring is 1. The van der Waals surface area contributed by atoms with Gasteiger partial charge in [0.1, 0.15) is 0 Å². The Morgan fingerprint density at radius 2 is 2.00 bits per heavy atom. The highest BCUT2D eigenvalue weighted by molar-refractivity contribution is 7.89. The Morgan fingerprint density at radius 1 is 1.37 bits per heavy atom. The first kappa shape index (κ1) is 15.8. The number of sulfonamides is 1. The molecule has 1 atom stereocenters. The molecule has 1 unspecified atom stereocenters. The summed E-state index contributed by atoms with van der Waals surface area (Å²) in [6.07, 6.45) is 1.06. The summed E-state index contributed by atoms with van der Waals surface area (Å²) in [7, 11) is -0.399. The highest BCUT2D eigenvalue weighted by atomic mass is 32.2. The van der Waals surface area contributed by atoms with E-state index in [4.69, 9.17) is 5.73 Å². The van der Waals surface area contributed by atoms with Gasteiger partial charge in [0.25, 0.3) is 0 Å². The van der Waals surface area contributed by atoms with Crippen molar-refractivity contribution in [1.82, 2.24) is 4.31 Å². The molecule has 0 aliphatic rings. The lowest BCUT2D eigenvalue weighted by molar-refractivity contribution is 0.521. The summed E-state index contributed by atoms with van der Waals surface area (Å²) >= 11 is 0. The van der Waals surface area contributed by atoms with Gasteiger partial charge in [0.15, 0.2) is 0 Å². The largest absolute Gasteiger partial charge is 0.397 e. The molecule has 0 fully saturated rings. The molecule has 0 aliphatic carbocycles. The molecule has 6 heteroatoms. The van der Waals surface area contributed by atoms with Crippen molar-refractivity contribution in [2.75, 3.05) is 31.7 Å². The molecule has 0 heterocycles.